The Labute approximate surface area is 290 Å². The molecular formula is C34H47N9O7. The lowest BCUT2D eigenvalue weighted by Gasteiger charge is -2.30. The minimum Gasteiger partial charge on any atom is -0.394 e. The standard InChI is InChI=1S/C34H47N9O7/c1-19(2)14-24-31(47)39-25(18-44)34(50)43-17-22(36-33(49)29-41-40-27-12-8-5-9-13-42(27)29)15-26(43)32(48)35-20(3)30(46)38-23(16-28(45)37-24)21-10-6-4-7-11-21/h4,6-7,10-11,19-20,22-26,44H,5,8-9,12-18H2,1-3H3,(H,35,48)(H,36,49)(H,37,45)(H,38,46)(H,39,47)/t20-,22-,23-,24-,25-,26-/m0/s1. The number of aliphatic hydroxyl groups excluding tert-OH is 1. The summed E-state index contributed by atoms with van der Waals surface area (Å²) in [5, 5.41) is 32.3. The van der Waals surface area contributed by atoms with Crippen molar-refractivity contribution >= 4 is 35.4 Å². The van der Waals surface area contributed by atoms with Gasteiger partial charge in [-0.2, -0.15) is 0 Å². The number of aliphatic hydroxyl groups is 1. The number of carbonyl (C=O) groups excluding carboxylic acids is 6. The number of nitrogens with one attached hydrogen (secondary N) is 5. The summed E-state index contributed by atoms with van der Waals surface area (Å²) in [6, 6.07) is 2.68. The van der Waals surface area contributed by atoms with Gasteiger partial charge in [-0.15, -0.1) is 10.2 Å². The van der Waals surface area contributed by atoms with Crippen LogP contribution in [0.2, 0.25) is 0 Å². The van der Waals surface area contributed by atoms with Crippen LogP contribution >= 0.6 is 0 Å². The molecule has 0 spiro atoms. The van der Waals surface area contributed by atoms with E-state index in [1.54, 1.807) is 34.9 Å². The lowest BCUT2D eigenvalue weighted by molar-refractivity contribution is -0.143. The molecule has 1 aromatic carbocycles. The topological polar surface area (TPSA) is 217 Å². The first-order valence-electron chi connectivity index (χ1n) is 17.3. The molecule has 16 nitrogen and oxygen atoms in total. The van der Waals surface area contributed by atoms with E-state index in [0.29, 0.717) is 18.5 Å². The van der Waals surface area contributed by atoms with Crippen LogP contribution in [-0.4, -0.2) is 104 Å². The van der Waals surface area contributed by atoms with Crippen molar-refractivity contribution in [3.05, 3.63) is 47.5 Å². The second kappa shape index (κ2) is 16.2. The van der Waals surface area contributed by atoms with E-state index < -0.39 is 78.3 Å². The first kappa shape index (κ1) is 36.4. The molecule has 2 fully saturated rings. The monoisotopic (exact) mass is 693 g/mol. The molecule has 270 valence electrons. The van der Waals surface area contributed by atoms with Gasteiger partial charge in [0.1, 0.15) is 30.0 Å². The molecular weight excluding hydrogens is 646 g/mol. The highest BCUT2D eigenvalue weighted by molar-refractivity contribution is 5.97. The van der Waals surface area contributed by atoms with Crippen LogP contribution in [0.15, 0.2) is 30.3 Å². The van der Waals surface area contributed by atoms with Gasteiger partial charge in [-0.05, 0) is 44.1 Å². The molecule has 6 N–H and O–H groups in total. The Balaban J connectivity index is 1.42. The number of aromatic nitrogens is 3. The fourth-order valence-corrected chi connectivity index (χ4v) is 6.74. The van der Waals surface area contributed by atoms with Crippen molar-refractivity contribution in [1.29, 1.82) is 0 Å². The number of hydrogen-bond acceptors (Lipinski definition) is 9. The van der Waals surface area contributed by atoms with E-state index in [1.807, 2.05) is 13.8 Å². The van der Waals surface area contributed by atoms with Crippen LogP contribution in [0.5, 0.6) is 0 Å². The third kappa shape index (κ3) is 8.64. The maximum absolute atomic E-state index is 13.9. The zero-order valence-electron chi connectivity index (χ0n) is 28.7. The van der Waals surface area contributed by atoms with E-state index in [2.05, 4.69) is 36.8 Å². The maximum atomic E-state index is 13.9. The molecule has 50 heavy (non-hydrogen) atoms. The SMILES string of the molecule is CC(C)C[C@@H]1NC(=O)C[C@@H](c2ccccc2)NC(=O)[C@H](C)NC(=O)[C@@H]2C[C@H](NC(=O)c3nnc4n3CCCCC4)CN2C(=O)[C@H](CO)NC1=O. The molecule has 0 unspecified atom stereocenters. The Morgan fingerprint density at radius 2 is 1.70 bits per heavy atom. The summed E-state index contributed by atoms with van der Waals surface area (Å²) in [5.41, 5.74) is 0.650. The van der Waals surface area contributed by atoms with Gasteiger partial charge >= 0.3 is 0 Å². The molecule has 16 heteroatoms. The van der Waals surface area contributed by atoms with Crippen molar-refractivity contribution < 1.29 is 33.9 Å². The van der Waals surface area contributed by atoms with Crippen molar-refractivity contribution in [3.8, 4) is 0 Å². The Kier molecular flexibility index (Phi) is 11.8. The summed E-state index contributed by atoms with van der Waals surface area (Å²) < 4.78 is 1.80. The lowest BCUT2D eigenvalue weighted by atomic mass is 10.00. The van der Waals surface area contributed by atoms with E-state index in [0.717, 1.165) is 25.1 Å². The average Bonchev–Trinajstić information content (AvgIpc) is 3.62. The number of hydrogen-bond donors (Lipinski definition) is 6. The highest BCUT2D eigenvalue weighted by atomic mass is 16.3. The van der Waals surface area contributed by atoms with Crippen LogP contribution in [0.1, 0.15) is 87.3 Å². The summed E-state index contributed by atoms with van der Waals surface area (Å²) in [5.74, 6) is -2.82. The molecule has 4 heterocycles. The molecule has 0 radical (unpaired) electrons. The lowest BCUT2D eigenvalue weighted by Crippen LogP contribution is -2.59. The van der Waals surface area contributed by atoms with Crippen LogP contribution in [0.3, 0.4) is 0 Å². The molecule has 3 aliphatic heterocycles. The van der Waals surface area contributed by atoms with Crippen molar-refractivity contribution in [2.24, 2.45) is 5.92 Å². The van der Waals surface area contributed by atoms with Crippen LogP contribution in [-0.2, 0) is 36.9 Å². The van der Waals surface area contributed by atoms with Gasteiger partial charge < -0.3 is 41.2 Å². The second-order valence-corrected chi connectivity index (χ2v) is 13.7. The van der Waals surface area contributed by atoms with Gasteiger partial charge in [0.05, 0.1) is 19.1 Å². The molecule has 6 amide bonds. The fraction of sp³-hybridized carbons (Fsp3) is 0.588. The van der Waals surface area contributed by atoms with Crippen molar-refractivity contribution in [2.75, 3.05) is 13.2 Å². The molecule has 5 rings (SSSR count). The number of aryl methyl sites for hydroxylation is 1. The van der Waals surface area contributed by atoms with Crippen LogP contribution in [0, 0.1) is 5.92 Å². The molecule has 6 atom stereocenters. The molecule has 2 aromatic rings. The highest BCUT2D eigenvalue weighted by Gasteiger charge is 2.44. The summed E-state index contributed by atoms with van der Waals surface area (Å²) in [4.78, 5) is 82.7. The summed E-state index contributed by atoms with van der Waals surface area (Å²) in [6.07, 6.45) is 3.59. The van der Waals surface area contributed by atoms with Gasteiger partial charge in [0.2, 0.25) is 35.4 Å². The van der Waals surface area contributed by atoms with Gasteiger partial charge in [-0.25, -0.2) is 0 Å². The van der Waals surface area contributed by atoms with Gasteiger partial charge in [-0.3, -0.25) is 28.8 Å². The summed E-state index contributed by atoms with van der Waals surface area (Å²) in [7, 11) is 0. The number of amides is 6. The minimum absolute atomic E-state index is 0.00339. The van der Waals surface area contributed by atoms with Crippen LogP contribution in [0.4, 0.5) is 0 Å². The molecule has 0 saturated carbocycles. The fourth-order valence-electron chi connectivity index (χ4n) is 6.74. The van der Waals surface area contributed by atoms with Crippen LogP contribution < -0.4 is 26.6 Å². The molecule has 3 aliphatic rings. The molecule has 0 aliphatic carbocycles. The number of fused-ring (bicyclic) bond motifs is 2. The van der Waals surface area contributed by atoms with E-state index >= 15 is 0 Å². The third-order valence-electron chi connectivity index (χ3n) is 9.35. The normalized spacial score (nSPS) is 27.0. The minimum atomic E-state index is -1.45. The first-order chi connectivity index (χ1) is 23.9. The van der Waals surface area contributed by atoms with E-state index in [9.17, 15) is 33.9 Å². The Bertz CT molecular complexity index is 1580. The van der Waals surface area contributed by atoms with Gasteiger partial charge in [0, 0.05) is 25.6 Å². The number of nitrogens with zero attached hydrogens (tertiary/aromatic N) is 4. The number of rotatable bonds is 6. The zero-order valence-corrected chi connectivity index (χ0v) is 28.7. The highest BCUT2D eigenvalue weighted by Crippen LogP contribution is 2.22. The van der Waals surface area contributed by atoms with Crippen molar-refractivity contribution in [3.63, 3.8) is 0 Å². The quantitative estimate of drug-likeness (QED) is 0.229. The number of carbonyl (C=O) groups is 6. The zero-order chi connectivity index (χ0) is 35.9. The van der Waals surface area contributed by atoms with Crippen molar-refractivity contribution in [2.45, 2.75) is 109 Å². The predicted molar refractivity (Wildman–Crippen MR) is 179 cm³/mol. The summed E-state index contributed by atoms with van der Waals surface area (Å²) >= 11 is 0. The Morgan fingerprint density at radius 3 is 2.42 bits per heavy atom. The average molecular weight is 694 g/mol. The van der Waals surface area contributed by atoms with Gasteiger partial charge in [0.15, 0.2) is 0 Å². The van der Waals surface area contributed by atoms with E-state index in [1.165, 1.54) is 11.8 Å². The summed E-state index contributed by atoms with van der Waals surface area (Å²) in [6.45, 7) is 4.95. The largest absolute Gasteiger partial charge is 0.394 e. The Morgan fingerprint density at radius 1 is 0.940 bits per heavy atom. The van der Waals surface area contributed by atoms with E-state index in [-0.39, 0.29) is 37.5 Å². The van der Waals surface area contributed by atoms with Gasteiger partial charge in [-0.1, -0.05) is 50.6 Å². The third-order valence-corrected chi connectivity index (χ3v) is 9.35. The predicted octanol–water partition coefficient (Wildman–Crippen LogP) is -0.522. The smallest absolute Gasteiger partial charge is 0.289 e. The molecule has 0 bridgehead atoms. The van der Waals surface area contributed by atoms with Gasteiger partial charge in [0.25, 0.3) is 5.91 Å². The second-order valence-electron chi connectivity index (χ2n) is 13.7. The molecule has 1 aromatic heterocycles. The maximum Gasteiger partial charge on any atom is 0.289 e. The number of benzene rings is 1. The van der Waals surface area contributed by atoms with E-state index in [4.69, 9.17) is 0 Å². The Hall–Kier alpha value is -4.86. The first-order valence-corrected chi connectivity index (χ1v) is 17.3. The van der Waals surface area contributed by atoms with Crippen molar-refractivity contribution in [1.82, 2.24) is 46.2 Å². The van der Waals surface area contributed by atoms with Crippen LogP contribution in [0.25, 0.3) is 0 Å². The molecule has 2 saturated heterocycles.